The molecule has 2 N–H and O–H groups in total. The van der Waals surface area contributed by atoms with Gasteiger partial charge in [-0.05, 0) is 24.3 Å². The van der Waals surface area contributed by atoms with Gasteiger partial charge in [0.1, 0.15) is 5.52 Å². The van der Waals surface area contributed by atoms with E-state index in [-0.39, 0.29) is 12.4 Å². The lowest BCUT2D eigenvalue weighted by Crippen LogP contribution is -1.97. The van der Waals surface area contributed by atoms with Gasteiger partial charge in [0.05, 0.1) is 0 Å². The third-order valence-electron chi connectivity index (χ3n) is 2.64. The molecule has 0 atom stereocenters. The summed E-state index contributed by atoms with van der Waals surface area (Å²) in [5, 5.41) is 0. The minimum atomic E-state index is -0.414. The van der Waals surface area contributed by atoms with E-state index >= 15 is 0 Å². The van der Waals surface area contributed by atoms with Gasteiger partial charge < -0.3 is 14.9 Å². The Morgan fingerprint density at radius 1 is 1.21 bits per heavy atom. The second-order valence-corrected chi connectivity index (χ2v) is 4.05. The van der Waals surface area contributed by atoms with Crippen LogP contribution in [-0.4, -0.2) is 4.98 Å². The fourth-order valence-electron chi connectivity index (χ4n) is 1.75. The van der Waals surface area contributed by atoms with Crippen LogP contribution in [0.25, 0.3) is 11.1 Å². The minimum absolute atomic E-state index is 0.0650. The summed E-state index contributed by atoms with van der Waals surface area (Å²) in [4.78, 5) is 4.23. The first kappa shape index (κ1) is 11.5. The number of nitrogens with two attached hydrogens (primary N) is 1. The van der Waals surface area contributed by atoms with Gasteiger partial charge in [-0.3, -0.25) is 0 Å². The van der Waals surface area contributed by atoms with Crippen LogP contribution in [0.4, 0.5) is 10.1 Å². The molecule has 5 heteroatoms. The zero-order valence-corrected chi connectivity index (χ0v) is 9.97. The Labute approximate surface area is 108 Å². The van der Waals surface area contributed by atoms with Gasteiger partial charge in [-0.25, -0.2) is 9.37 Å². The highest BCUT2D eigenvalue weighted by atomic mass is 19.1. The Morgan fingerprint density at radius 2 is 2.05 bits per heavy atom. The number of nitrogen functional groups attached to an aromatic ring is 1. The van der Waals surface area contributed by atoms with Crippen molar-refractivity contribution in [3.8, 4) is 5.75 Å². The summed E-state index contributed by atoms with van der Waals surface area (Å²) in [5.41, 5.74) is 7.54. The zero-order chi connectivity index (χ0) is 13.2. The van der Waals surface area contributed by atoms with Gasteiger partial charge in [0.2, 0.25) is 5.89 Å². The van der Waals surface area contributed by atoms with E-state index in [0.29, 0.717) is 22.7 Å². The van der Waals surface area contributed by atoms with Crippen LogP contribution in [0, 0.1) is 5.82 Å². The van der Waals surface area contributed by atoms with Gasteiger partial charge in [0.15, 0.2) is 23.8 Å². The summed E-state index contributed by atoms with van der Waals surface area (Å²) in [5.74, 6) is 0.135. The van der Waals surface area contributed by atoms with Crippen molar-refractivity contribution < 1.29 is 13.5 Å². The van der Waals surface area contributed by atoms with Gasteiger partial charge in [-0.1, -0.05) is 12.1 Å². The molecule has 0 spiro atoms. The third kappa shape index (κ3) is 2.35. The van der Waals surface area contributed by atoms with Crippen molar-refractivity contribution in [3.05, 3.63) is 54.2 Å². The van der Waals surface area contributed by atoms with Crippen molar-refractivity contribution in [1.82, 2.24) is 4.98 Å². The molecular formula is C14H11FN2O2. The molecule has 4 nitrogen and oxygen atoms in total. The van der Waals surface area contributed by atoms with E-state index in [1.54, 1.807) is 36.4 Å². The summed E-state index contributed by atoms with van der Waals surface area (Å²) in [6, 6.07) is 11.4. The largest absolute Gasteiger partial charge is 0.481 e. The molecule has 0 saturated heterocycles. The maximum atomic E-state index is 13.4. The van der Waals surface area contributed by atoms with Gasteiger partial charge in [0.25, 0.3) is 0 Å². The quantitative estimate of drug-likeness (QED) is 0.733. The summed E-state index contributed by atoms with van der Waals surface area (Å²) in [7, 11) is 0. The number of aromatic nitrogens is 1. The normalized spacial score (nSPS) is 10.8. The van der Waals surface area contributed by atoms with Crippen LogP contribution in [0.3, 0.4) is 0 Å². The molecule has 0 unspecified atom stereocenters. The predicted octanol–water partition coefficient (Wildman–Crippen LogP) is 3.13. The average Bonchev–Trinajstić information content (AvgIpc) is 2.79. The summed E-state index contributed by atoms with van der Waals surface area (Å²) in [6.45, 7) is 0.0650. The lowest BCUT2D eigenvalue weighted by Gasteiger charge is -2.03. The number of ether oxygens (including phenoxy) is 1. The van der Waals surface area contributed by atoms with Crippen molar-refractivity contribution in [1.29, 1.82) is 0 Å². The molecule has 0 aliphatic heterocycles. The molecule has 96 valence electrons. The highest BCUT2D eigenvalue weighted by Gasteiger charge is 2.08. The molecule has 0 amide bonds. The maximum Gasteiger partial charge on any atom is 0.233 e. The second-order valence-electron chi connectivity index (χ2n) is 4.05. The first-order valence-electron chi connectivity index (χ1n) is 5.74. The molecule has 19 heavy (non-hydrogen) atoms. The molecule has 0 aliphatic rings. The molecule has 0 fully saturated rings. The zero-order valence-electron chi connectivity index (χ0n) is 9.97. The van der Waals surface area contributed by atoms with E-state index in [9.17, 15) is 4.39 Å². The van der Waals surface area contributed by atoms with Crippen LogP contribution < -0.4 is 10.5 Å². The van der Waals surface area contributed by atoms with Crippen molar-refractivity contribution in [2.45, 2.75) is 6.61 Å². The number of oxazole rings is 1. The van der Waals surface area contributed by atoms with Crippen LogP contribution in [0.1, 0.15) is 5.89 Å². The van der Waals surface area contributed by atoms with Crippen molar-refractivity contribution in [2.24, 2.45) is 0 Å². The fraction of sp³-hybridized carbons (Fsp3) is 0.0714. The Bertz CT molecular complexity index is 724. The minimum Gasteiger partial charge on any atom is -0.481 e. The first-order chi connectivity index (χ1) is 9.22. The summed E-state index contributed by atoms with van der Waals surface area (Å²) < 4.78 is 24.1. The van der Waals surface area contributed by atoms with Crippen molar-refractivity contribution in [2.75, 3.05) is 5.73 Å². The Hall–Kier alpha value is -2.56. The van der Waals surface area contributed by atoms with Crippen LogP contribution >= 0.6 is 0 Å². The highest BCUT2D eigenvalue weighted by Crippen LogP contribution is 2.21. The number of para-hydroxylation sites is 1. The molecule has 3 aromatic rings. The Morgan fingerprint density at radius 3 is 2.89 bits per heavy atom. The SMILES string of the molecule is Nc1ccc2nc(COc3ccccc3F)oc2c1. The van der Waals surface area contributed by atoms with Crippen LogP contribution in [0.2, 0.25) is 0 Å². The number of halogens is 1. The number of benzene rings is 2. The molecule has 0 saturated carbocycles. The summed E-state index contributed by atoms with van der Waals surface area (Å²) in [6.07, 6.45) is 0. The number of anilines is 1. The molecule has 0 radical (unpaired) electrons. The Balaban J connectivity index is 1.80. The lowest BCUT2D eigenvalue weighted by atomic mass is 10.3. The molecule has 1 aromatic heterocycles. The average molecular weight is 258 g/mol. The van der Waals surface area contributed by atoms with E-state index in [1.165, 1.54) is 6.07 Å². The topological polar surface area (TPSA) is 61.3 Å². The van der Waals surface area contributed by atoms with Gasteiger partial charge in [-0.2, -0.15) is 0 Å². The predicted molar refractivity (Wildman–Crippen MR) is 69.2 cm³/mol. The van der Waals surface area contributed by atoms with Gasteiger partial charge >= 0.3 is 0 Å². The molecule has 3 rings (SSSR count). The number of rotatable bonds is 3. The van der Waals surface area contributed by atoms with Gasteiger partial charge in [0, 0.05) is 11.8 Å². The molecule has 0 aliphatic carbocycles. The number of fused-ring (bicyclic) bond motifs is 1. The van der Waals surface area contributed by atoms with Gasteiger partial charge in [-0.15, -0.1) is 0 Å². The van der Waals surface area contributed by atoms with E-state index in [2.05, 4.69) is 4.98 Å². The molecule has 2 aromatic carbocycles. The van der Waals surface area contributed by atoms with Crippen molar-refractivity contribution in [3.63, 3.8) is 0 Å². The number of nitrogens with zero attached hydrogens (tertiary/aromatic N) is 1. The lowest BCUT2D eigenvalue weighted by molar-refractivity contribution is 0.255. The molecule has 0 bridgehead atoms. The smallest absolute Gasteiger partial charge is 0.233 e. The van der Waals surface area contributed by atoms with Crippen LogP contribution in [0.15, 0.2) is 46.9 Å². The van der Waals surface area contributed by atoms with E-state index < -0.39 is 5.82 Å². The van der Waals surface area contributed by atoms with Crippen molar-refractivity contribution >= 4 is 16.8 Å². The van der Waals surface area contributed by atoms with E-state index in [0.717, 1.165) is 0 Å². The Kier molecular flexibility index (Phi) is 2.79. The monoisotopic (exact) mass is 258 g/mol. The first-order valence-corrected chi connectivity index (χ1v) is 5.74. The molecule has 1 heterocycles. The highest BCUT2D eigenvalue weighted by molar-refractivity contribution is 5.76. The second kappa shape index (κ2) is 4.61. The number of hydrogen-bond donors (Lipinski definition) is 1. The fourth-order valence-corrected chi connectivity index (χ4v) is 1.75. The van der Waals surface area contributed by atoms with E-state index in [4.69, 9.17) is 14.9 Å². The summed E-state index contributed by atoms with van der Waals surface area (Å²) >= 11 is 0. The van der Waals surface area contributed by atoms with E-state index in [1.807, 2.05) is 0 Å². The molecular weight excluding hydrogens is 247 g/mol. The third-order valence-corrected chi connectivity index (χ3v) is 2.64. The van der Waals surface area contributed by atoms with Crippen LogP contribution in [0.5, 0.6) is 5.75 Å². The standard InChI is InChI=1S/C14H11FN2O2/c15-10-3-1-2-4-12(10)18-8-14-17-11-6-5-9(16)7-13(11)19-14/h1-7H,8,16H2. The van der Waals surface area contributed by atoms with Crippen LogP contribution in [-0.2, 0) is 6.61 Å². The maximum absolute atomic E-state index is 13.4. The number of hydrogen-bond acceptors (Lipinski definition) is 4.